The molecule has 0 radical (unpaired) electrons. The molecule has 5 nitrogen and oxygen atoms in total. The van der Waals surface area contributed by atoms with Gasteiger partial charge in [-0.2, -0.15) is 0 Å². The number of hydrogen-bond acceptors (Lipinski definition) is 4. The van der Waals surface area contributed by atoms with Gasteiger partial charge >= 0.3 is 0 Å². The summed E-state index contributed by atoms with van der Waals surface area (Å²) in [5, 5.41) is 6.22. The Hall–Kier alpha value is -2.60. The summed E-state index contributed by atoms with van der Waals surface area (Å²) in [4.78, 5) is 17.7. The lowest BCUT2D eigenvalue weighted by Crippen LogP contribution is -2.58. The summed E-state index contributed by atoms with van der Waals surface area (Å²) < 4.78 is 14.1. The van der Waals surface area contributed by atoms with E-state index in [1.54, 1.807) is 6.07 Å². The van der Waals surface area contributed by atoms with Crippen LogP contribution in [-0.2, 0) is 11.2 Å². The van der Waals surface area contributed by atoms with Crippen LogP contribution in [0.5, 0.6) is 0 Å². The molecule has 1 spiro atoms. The highest BCUT2D eigenvalue weighted by Crippen LogP contribution is 2.40. The predicted octanol–water partition coefficient (Wildman–Crippen LogP) is 3.64. The SMILES string of the molecule is Cc1ccc(F)c2c1NC(C(=O)Nc1cccc(N3CCC4(CC3)CN(C)C4)c1)C2. The molecule has 1 atom stereocenters. The normalized spacial score (nSPS) is 22.4. The second-order valence-corrected chi connectivity index (χ2v) is 9.32. The smallest absolute Gasteiger partial charge is 0.247 e. The minimum Gasteiger partial charge on any atom is -0.373 e. The fourth-order valence-electron chi connectivity index (χ4n) is 5.39. The molecule has 30 heavy (non-hydrogen) atoms. The number of fused-ring (bicyclic) bond motifs is 1. The van der Waals surface area contributed by atoms with E-state index >= 15 is 0 Å². The highest BCUT2D eigenvalue weighted by atomic mass is 19.1. The largest absolute Gasteiger partial charge is 0.373 e. The number of anilines is 3. The van der Waals surface area contributed by atoms with Crippen molar-refractivity contribution < 1.29 is 9.18 Å². The van der Waals surface area contributed by atoms with E-state index in [9.17, 15) is 9.18 Å². The monoisotopic (exact) mass is 408 g/mol. The molecule has 3 heterocycles. The summed E-state index contributed by atoms with van der Waals surface area (Å²) in [5.41, 5.74) is 4.79. The zero-order valence-corrected chi connectivity index (χ0v) is 17.7. The van der Waals surface area contributed by atoms with E-state index in [2.05, 4.69) is 39.6 Å². The number of carbonyl (C=O) groups is 1. The first kappa shape index (κ1) is 19.4. The number of benzene rings is 2. The predicted molar refractivity (Wildman–Crippen MR) is 119 cm³/mol. The zero-order chi connectivity index (χ0) is 20.9. The maximum Gasteiger partial charge on any atom is 0.247 e. The Labute approximate surface area is 177 Å². The van der Waals surface area contributed by atoms with Crippen LogP contribution < -0.4 is 15.5 Å². The molecule has 6 heteroatoms. The first-order valence-corrected chi connectivity index (χ1v) is 10.8. The lowest BCUT2D eigenvalue weighted by molar-refractivity contribution is -0.116. The van der Waals surface area contributed by atoms with Gasteiger partial charge in [0.15, 0.2) is 0 Å². The average molecular weight is 409 g/mol. The van der Waals surface area contributed by atoms with Crippen molar-refractivity contribution >= 4 is 23.0 Å². The zero-order valence-electron chi connectivity index (χ0n) is 17.7. The highest BCUT2D eigenvalue weighted by Gasteiger charge is 2.43. The standard InChI is InChI=1S/C24H29FN4O/c1-16-6-7-20(25)19-13-21(27-22(16)19)23(30)26-17-4-3-5-18(12-17)29-10-8-24(9-11-29)14-28(2)15-24/h3-7,12,21,27H,8-11,13-15H2,1-2H3,(H,26,30). The molecule has 2 fully saturated rings. The third-order valence-corrected chi connectivity index (χ3v) is 7.02. The molecule has 2 saturated heterocycles. The second kappa shape index (κ2) is 7.27. The van der Waals surface area contributed by atoms with E-state index in [1.165, 1.54) is 32.0 Å². The molecule has 1 unspecified atom stereocenters. The number of piperidine rings is 1. The van der Waals surface area contributed by atoms with Crippen molar-refractivity contribution in [3.8, 4) is 0 Å². The molecule has 0 aliphatic carbocycles. The van der Waals surface area contributed by atoms with Crippen molar-refractivity contribution in [1.82, 2.24) is 4.90 Å². The molecule has 1 amide bonds. The number of nitrogens with zero attached hydrogens (tertiary/aromatic N) is 2. The van der Waals surface area contributed by atoms with Gasteiger partial charge in [-0.15, -0.1) is 0 Å². The van der Waals surface area contributed by atoms with Crippen LogP contribution in [0, 0.1) is 18.2 Å². The number of hydrogen-bond donors (Lipinski definition) is 2. The number of nitrogens with one attached hydrogen (secondary N) is 2. The second-order valence-electron chi connectivity index (χ2n) is 9.32. The number of aryl methyl sites for hydroxylation is 1. The molecule has 3 aliphatic rings. The van der Waals surface area contributed by atoms with E-state index in [1.807, 2.05) is 19.1 Å². The van der Waals surface area contributed by atoms with Gasteiger partial charge in [-0.25, -0.2) is 4.39 Å². The summed E-state index contributed by atoms with van der Waals surface area (Å²) >= 11 is 0. The minimum absolute atomic E-state index is 0.128. The number of rotatable bonds is 3. The lowest BCUT2D eigenvalue weighted by Gasteiger charge is -2.53. The quantitative estimate of drug-likeness (QED) is 0.814. The van der Waals surface area contributed by atoms with Gasteiger partial charge in [0.25, 0.3) is 0 Å². The van der Waals surface area contributed by atoms with Crippen LogP contribution in [-0.4, -0.2) is 50.1 Å². The van der Waals surface area contributed by atoms with Crippen LogP contribution in [0.4, 0.5) is 21.5 Å². The molecule has 0 saturated carbocycles. The summed E-state index contributed by atoms with van der Waals surface area (Å²) in [6.07, 6.45) is 2.82. The van der Waals surface area contributed by atoms with Gasteiger partial charge in [-0.3, -0.25) is 4.79 Å². The highest BCUT2D eigenvalue weighted by molar-refractivity contribution is 5.98. The first-order chi connectivity index (χ1) is 14.4. The van der Waals surface area contributed by atoms with Crippen LogP contribution in [0.15, 0.2) is 36.4 Å². The van der Waals surface area contributed by atoms with Gasteiger partial charge in [0.1, 0.15) is 11.9 Å². The summed E-state index contributed by atoms with van der Waals surface area (Å²) in [6, 6.07) is 10.8. The van der Waals surface area contributed by atoms with Crippen LogP contribution in [0.1, 0.15) is 24.0 Å². The molecule has 3 aliphatic heterocycles. The van der Waals surface area contributed by atoms with E-state index in [4.69, 9.17) is 0 Å². The van der Waals surface area contributed by atoms with Crippen LogP contribution in [0.25, 0.3) is 0 Å². The number of carbonyl (C=O) groups excluding carboxylic acids is 1. The maximum atomic E-state index is 14.1. The molecule has 2 N–H and O–H groups in total. The van der Waals surface area contributed by atoms with Crippen LogP contribution >= 0.6 is 0 Å². The molecule has 5 rings (SSSR count). The summed E-state index contributed by atoms with van der Waals surface area (Å²) in [5.74, 6) is -0.377. The number of likely N-dealkylation sites (tertiary alicyclic amines) is 1. The molecule has 0 bridgehead atoms. The Kier molecular flexibility index (Phi) is 4.69. The molecular weight excluding hydrogens is 379 g/mol. The molecule has 2 aromatic rings. The fraction of sp³-hybridized carbons (Fsp3) is 0.458. The first-order valence-electron chi connectivity index (χ1n) is 10.8. The van der Waals surface area contributed by atoms with Crippen molar-refractivity contribution in [1.29, 1.82) is 0 Å². The minimum atomic E-state index is -0.454. The van der Waals surface area contributed by atoms with Gasteiger partial charge < -0.3 is 20.4 Å². The van der Waals surface area contributed by atoms with Crippen molar-refractivity contribution in [3.63, 3.8) is 0 Å². The van der Waals surface area contributed by atoms with Gasteiger partial charge in [0.05, 0.1) is 0 Å². The van der Waals surface area contributed by atoms with Crippen molar-refractivity contribution in [2.24, 2.45) is 5.41 Å². The van der Waals surface area contributed by atoms with Gasteiger partial charge in [0.2, 0.25) is 5.91 Å². The van der Waals surface area contributed by atoms with Crippen LogP contribution in [0.3, 0.4) is 0 Å². The molecule has 2 aromatic carbocycles. The topological polar surface area (TPSA) is 47.6 Å². The number of amides is 1. The third-order valence-electron chi connectivity index (χ3n) is 7.02. The van der Waals surface area contributed by atoms with Gasteiger partial charge in [0, 0.05) is 55.2 Å². The van der Waals surface area contributed by atoms with Crippen molar-refractivity contribution in [3.05, 3.63) is 53.3 Å². The van der Waals surface area contributed by atoms with Gasteiger partial charge in [-0.1, -0.05) is 12.1 Å². The van der Waals surface area contributed by atoms with E-state index in [0.717, 1.165) is 35.7 Å². The Morgan fingerprint density at radius 3 is 2.67 bits per heavy atom. The summed E-state index contributed by atoms with van der Waals surface area (Å²) in [6.45, 7) is 6.48. The van der Waals surface area contributed by atoms with Crippen molar-refractivity contribution in [2.75, 3.05) is 48.8 Å². The third kappa shape index (κ3) is 3.43. The Bertz CT molecular complexity index is 944. The Balaban J connectivity index is 1.23. The van der Waals surface area contributed by atoms with E-state index < -0.39 is 6.04 Å². The van der Waals surface area contributed by atoms with Crippen molar-refractivity contribution in [2.45, 2.75) is 32.2 Å². The van der Waals surface area contributed by atoms with Gasteiger partial charge in [-0.05, 0) is 62.1 Å². The van der Waals surface area contributed by atoms with Crippen LogP contribution in [0.2, 0.25) is 0 Å². The average Bonchev–Trinajstić information content (AvgIpc) is 3.18. The lowest BCUT2D eigenvalue weighted by atomic mass is 9.72. The molecular formula is C24H29FN4O. The fourth-order valence-corrected chi connectivity index (χ4v) is 5.39. The molecule has 158 valence electrons. The Morgan fingerprint density at radius 2 is 1.97 bits per heavy atom. The van der Waals surface area contributed by atoms with E-state index in [0.29, 0.717) is 17.4 Å². The Morgan fingerprint density at radius 1 is 1.20 bits per heavy atom. The summed E-state index contributed by atoms with van der Waals surface area (Å²) in [7, 11) is 2.19. The number of halogens is 1. The maximum absolute atomic E-state index is 14.1. The molecule has 0 aromatic heterocycles. The van der Waals surface area contributed by atoms with E-state index in [-0.39, 0.29) is 11.7 Å².